The molecule has 0 spiro atoms. The van der Waals surface area contributed by atoms with Gasteiger partial charge in [0.1, 0.15) is 12.6 Å². The van der Waals surface area contributed by atoms with Gasteiger partial charge in [0.05, 0.1) is 12.9 Å². The van der Waals surface area contributed by atoms with Crippen molar-refractivity contribution in [2.75, 3.05) is 39.5 Å². The second-order valence-electron chi connectivity index (χ2n) is 13.6. The summed E-state index contributed by atoms with van der Waals surface area (Å²) in [5, 5.41) is 0. The molecule has 7 nitrogen and oxygen atoms in total. The van der Waals surface area contributed by atoms with Gasteiger partial charge in [-0.2, -0.15) is 0 Å². The van der Waals surface area contributed by atoms with E-state index in [1.54, 1.807) is 12.5 Å². The third-order valence-electron chi connectivity index (χ3n) is 9.19. The maximum Gasteiger partial charge on any atom is 0.323 e. The fraction of sp³-hybridized carbons (Fsp3) is 0.897. The van der Waals surface area contributed by atoms with Gasteiger partial charge < -0.3 is 25.1 Å². The number of rotatable bonds is 36. The van der Waals surface area contributed by atoms with Crippen LogP contribution in [0, 0.1) is 0 Å². The summed E-state index contributed by atoms with van der Waals surface area (Å²) in [5.41, 5.74) is 6.78. The molecule has 1 rings (SSSR count). The molecule has 0 aliphatic carbocycles. The molecule has 270 valence electrons. The summed E-state index contributed by atoms with van der Waals surface area (Å²) in [6.45, 7) is 9.46. The molecule has 0 amide bonds. The van der Waals surface area contributed by atoms with Gasteiger partial charge in [0, 0.05) is 31.5 Å². The highest BCUT2D eigenvalue weighted by Gasteiger charge is 2.16. The smallest absolute Gasteiger partial charge is 0.323 e. The minimum Gasteiger partial charge on any atom is -0.462 e. The molecule has 0 saturated carbocycles. The number of hydrogen-bond acceptors (Lipinski definition) is 6. The van der Waals surface area contributed by atoms with Crippen LogP contribution in [0.2, 0.25) is 0 Å². The number of imidazole rings is 1. The molecule has 0 saturated heterocycles. The first kappa shape index (κ1) is 42.6. The molecule has 0 aromatic carbocycles. The number of esters is 1. The summed E-state index contributed by atoms with van der Waals surface area (Å²) >= 11 is 0. The SMILES string of the molecule is CCCCCCCCCCCCCCN(CCCCCCCCCCCCCC)CCCOCCOC(=O)C(N)Cc1cnc[nH]1. The fourth-order valence-electron chi connectivity index (χ4n) is 6.21. The second-order valence-corrected chi connectivity index (χ2v) is 13.6. The second kappa shape index (κ2) is 33.5. The molecule has 1 unspecified atom stereocenters. The summed E-state index contributed by atoms with van der Waals surface area (Å²) < 4.78 is 11.1. The van der Waals surface area contributed by atoms with E-state index in [-0.39, 0.29) is 6.61 Å². The normalized spacial score (nSPS) is 12.3. The Bertz CT molecular complexity index is 718. The fourth-order valence-corrected chi connectivity index (χ4v) is 6.21. The number of nitrogens with one attached hydrogen (secondary N) is 1. The molecule has 1 aromatic heterocycles. The summed E-state index contributed by atoms with van der Waals surface area (Å²) in [7, 11) is 0. The first-order chi connectivity index (χ1) is 22.7. The summed E-state index contributed by atoms with van der Waals surface area (Å²) in [4.78, 5) is 21.7. The Labute approximate surface area is 284 Å². The maximum atomic E-state index is 12.1. The van der Waals surface area contributed by atoms with Crippen LogP contribution in [0.3, 0.4) is 0 Å². The average Bonchev–Trinajstić information content (AvgIpc) is 3.57. The van der Waals surface area contributed by atoms with Crippen LogP contribution in [-0.4, -0.2) is 66.3 Å². The molecule has 46 heavy (non-hydrogen) atoms. The predicted octanol–water partition coefficient (Wildman–Crippen LogP) is 9.93. The minimum atomic E-state index is -0.686. The molecule has 7 heteroatoms. The lowest BCUT2D eigenvalue weighted by Gasteiger charge is -2.22. The summed E-state index contributed by atoms with van der Waals surface area (Å²) in [5.74, 6) is -0.394. The number of nitrogens with zero attached hydrogens (tertiary/aromatic N) is 2. The molecule has 3 N–H and O–H groups in total. The molecule has 0 bridgehead atoms. The largest absolute Gasteiger partial charge is 0.462 e. The topological polar surface area (TPSA) is 93.5 Å². The number of aromatic amines is 1. The molecule has 0 fully saturated rings. The van der Waals surface area contributed by atoms with E-state index in [9.17, 15) is 4.79 Å². The average molecular weight is 649 g/mol. The third kappa shape index (κ3) is 27.7. The number of hydrogen-bond donors (Lipinski definition) is 2. The van der Waals surface area contributed by atoms with Crippen LogP contribution in [0.5, 0.6) is 0 Å². The maximum absolute atomic E-state index is 12.1. The molecular formula is C39H76N4O3. The zero-order valence-corrected chi connectivity index (χ0v) is 30.6. The Morgan fingerprint density at radius 3 is 1.52 bits per heavy atom. The lowest BCUT2D eigenvalue weighted by molar-refractivity contribution is -0.146. The van der Waals surface area contributed by atoms with Gasteiger partial charge in [0.2, 0.25) is 0 Å². The summed E-state index contributed by atoms with van der Waals surface area (Å²) in [6.07, 6.45) is 38.2. The van der Waals surface area contributed by atoms with Crippen LogP contribution in [0.1, 0.15) is 180 Å². The van der Waals surface area contributed by atoms with E-state index >= 15 is 0 Å². The number of H-pyrrole nitrogens is 1. The Morgan fingerprint density at radius 2 is 1.09 bits per heavy atom. The molecule has 1 atom stereocenters. The Balaban J connectivity index is 2.15. The number of nitrogens with two attached hydrogens (primary N) is 1. The highest BCUT2D eigenvalue weighted by Crippen LogP contribution is 2.14. The Morgan fingerprint density at radius 1 is 0.652 bits per heavy atom. The van der Waals surface area contributed by atoms with Crippen LogP contribution in [0.4, 0.5) is 0 Å². The van der Waals surface area contributed by atoms with Crippen molar-refractivity contribution in [2.45, 2.75) is 187 Å². The first-order valence-electron chi connectivity index (χ1n) is 19.9. The van der Waals surface area contributed by atoms with Crippen LogP contribution < -0.4 is 5.73 Å². The lowest BCUT2D eigenvalue weighted by Crippen LogP contribution is -2.35. The molecule has 1 heterocycles. The number of carbonyl (C=O) groups is 1. The van der Waals surface area contributed by atoms with Gasteiger partial charge in [-0.1, -0.05) is 155 Å². The standard InChI is InChI=1S/C39H76N4O3/c1-3-5-7-9-11-13-15-17-19-21-23-25-28-43(29-26-24-22-20-18-16-14-12-10-8-6-4-2)30-27-31-45-32-33-46-39(44)38(40)34-37-35-41-36-42-37/h35-36,38H,3-34,40H2,1-2H3,(H,41,42). The monoisotopic (exact) mass is 649 g/mol. The van der Waals surface area contributed by atoms with Gasteiger partial charge in [-0.3, -0.25) is 4.79 Å². The van der Waals surface area contributed by atoms with Crippen molar-refractivity contribution in [1.82, 2.24) is 14.9 Å². The number of aromatic nitrogens is 2. The number of ether oxygens (including phenoxy) is 2. The van der Waals surface area contributed by atoms with Crippen molar-refractivity contribution >= 4 is 5.97 Å². The van der Waals surface area contributed by atoms with Gasteiger partial charge in [0.15, 0.2) is 0 Å². The van der Waals surface area contributed by atoms with Gasteiger partial charge in [-0.15, -0.1) is 0 Å². The number of unbranched alkanes of at least 4 members (excludes halogenated alkanes) is 22. The van der Waals surface area contributed by atoms with Gasteiger partial charge in [0.25, 0.3) is 0 Å². The van der Waals surface area contributed by atoms with E-state index < -0.39 is 12.0 Å². The van der Waals surface area contributed by atoms with Crippen molar-refractivity contribution in [1.29, 1.82) is 0 Å². The highest BCUT2D eigenvalue weighted by atomic mass is 16.6. The van der Waals surface area contributed by atoms with Crippen LogP contribution >= 0.6 is 0 Å². The van der Waals surface area contributed by atoms with Gasteiger partial charge in [-0.25, -0.2) is 4.98 Å². The van der Waals surface area contributed by atoms with E-state index in [4.69, 9.17) is 15.2 Å². The van der Waals surface area contributed by atoms with Crippen molar-refractivity contribution in [3.8, 4) is 0 Å². The van der Waals surface area contributed by atoms with E-state index in [1.165, 1.54) is 167 Å². The van der Waals surface area contributed by atoms with Crippen molar-refractivity contribution in [2.24, 2.45) is 5.73 Å². The molecule has 0 aliphatic rings. The Hall–Kier alpha value is -1.44. The molecule has 1 aromatic rings. The van der Waals surface area contributed by atoms with E-state index in [2.05, 4.69) is 28.7 Å². The van der Waals surface area contributed by atoms with E-state index in [1.807, 2.05) is 0 Å². The molecule has 0 radical (unpaired) electrons. The van der Waals surface area contributed by atoms with Crippen LogP contribution in [-0.2, 0) is 20.7 Å². The van der Waals surface area contributed by atoms with Gasteiger partial charge >= 0.3 is 5.97 Å². The Kier molecular flexibility index (Phi) is 31.0. The van der Waals surface area contributed by atoms with E-state index in [0.29, 0.717) is 19.6 Å². The van der Waals surface area contributed by atoms with E-state index in [0.717, 1.165) is 18.7 Å². The highest BCUT2D eigenvalue weighted by molar-refractivity contribution is 5.75. The summed E-state index contributed by atoms with van der Waals surface area (Å²) in [6, 6.07) is -0.686. The lowest BCUT2D eigenvalue weighted by atomic mass is 10.0. The molecular weight excluding hydrogens is 572 g/mol. The number of carbonyl (C=O) groups excluding carboxylic acids is 1. The zero-order chi connectivity index (χ0) is 33.2. The van der Waals surface area contributed by atoms with Gasteiger partial charge in [-0.05, 0) is 32.4 Å². The van der Waals surface area contributed by atoms with Crippen molar-refractivity contribution in [3.05, 3.63) is 18.2 Å². The van der Waals surface area contributed by atoms with Crippen LogP contribution in [0.15, 0.2) is 12.5 Å². The van der Waals surface area contributed by atoms with Crippen molar-refractivity contribution in [3.63, 3.8) is 0 Å². The quantitative estimate of drug-likeness (QED) is 0.0556. The molecule has 0 aliphatic heterocycles. The first-order valence-corrected chi connectivity index (χ1v) is 19.9. The minimum absolute atomic E-state index is 0.247. The van der Waals surface area contributed by atoms with Crippen LogP contribution in [0.25, 0.3) is 0 Å². The predicted molar refractivity (Wildman–Crippen MR) is 195 cm³/mol. The zero-order valence-electron chi connectivity index (χ0n) is 30.6. The third-order valence-corrected chi connectivity index (χ3v) is 9.19. The van der Waals surface area contributed by atoms with Crippen molar-refractivity contribution < 1.29 is 14.3 Å².